The molecule has 1 unspecified atom stereocenters. The molecule has 3 heterocycles. The van der Waals surface area contributed by atoms with E-state index in [0.717, 1.165) is 37.8 Å². The molecule has 0 bridgehead atoms. The number of nitrogens with zero attached hydrogens (tertiary/aromatic N) is 5. The van der Waals surface area contributed by atoms with Gasteiger partial charge < -0.3 is 9.09 Å². The number of hydrogen-bond donors (Lipinski definition) is 0. The Balaban J connectivity index is 1.29. The highest BCUT2D eigenvalue weighted by Crippen LogP contribution is 2.38. The first kappa shape index (κ1) is 14.6. The molecule has 2 fully saturated rings. The number of hydrogen-bond acceptors (Lipinski definition) is 5. The fraction of sp³-hybridized carbons (Fsp3) is 0.722. The summed E-state index contributed by atoms with van der Waals surface area (Å²) < 4.78 is 7.97. The maximum atomic E-state index is 5.45. The number of aryl methyl sites for hydroxylation is 2. The second-order valence-electron chi connectivity index (χ2n) is 7.63. The molecule has 0 spiro atoms. The molecule has 0 amide bonds. The van der Waals surface area contributed by atoms with Gasteiger partial charge in [-0.25, -0.2) is 4.98 Å². The van der Waals surface area contributed by atoms with Crippen LogP contribution in [0.3, 0.4) is 0 Å². The lowest BCUT2D eigenvalue weighted by Crippen LogP contribution is -2.23. The highest BCUT2D eigenvalue weighted by atomic mass is 16.5. The van der Waals surface area contributed by atoms with Crippen molar-refractivity contribution in [1.82, 2.24) is 24.6 Å². The van der Waals surface area contributed by atoms with Crippen LogP contribution in [0.4, 0.5) is 0 Å². The Hall–Kier alpha value is -1.69. The predicted molar refractivity (Wildman–Crippen MR) is 88.8 cm³/mol. The molecule has 1 aliphatic heterocycles. The van der Waals surface area contributed by atoms with Crippen molar-refractivity contribution >= 4 is 0 Å². The standard InChI is InChI=1S/C18H25N5O/c1-12-19-15-4-2-3-5-16(15)23(12)14-8-9-22(10-14)11-17-20-18(21-24-17)13-6-7-13/h13-14H,2-11H2,1H3. The van der Waals surface area contributed by atoms with Crippen molar-refractivity contribution in [2.24, 2.45) is 0 Å². The summed E-state index contributed by atoms with van der Waals surface area (Å²) in [5.74, 6) is 3.46. The van der Waals surface area contributed by atoms with Gasteiger partial charge in [0.1, 0.15) is 5.82 Å². The average Bonchev–Trinajstić information content (AvgIpc) is 3.01. The van der Waals surface area contributed by atoms with E-state index in [9.17, 15) is 0 Å². The first-order chi connectivity index (χ1) is 11.8. The van der Waals surface area contributed by atoms with Gasteiger partial charge in [-0.3, -0.25) is 4.90 Å². The number of fused-ring (bicyclic) bond motifs is 1. The van der Waals surface area contributed by atoms with Crippen molar-refractivity contribution in [2.45, 2.75) is 70.4 Å². The summed E-state index contributed by atoms with van der Waals surface area (Å²) in [6, 6.07) is 0.546. The Morgan fingerprint density at radius 2 is 2.00 bits per heavy atom. The summed E-state index contributed by atoms with van der Waals surface area (Å²) in [5.41, 5.74) is 2.85. The summed E-state index contributed by atoms with van der Waals surface area (Å²) in [6.45, 7) is 5.11. The van der Waals surface area contributed by atoms with Crippen LogP contribution in [0.2, 0.25) is 0 Å². The lowest BCUT2D eigenvalue weighted by Gasteiger charge is -2.20. The van der Waals surface area contributed by atoms with Crippen LogP contribution < -0.4 is 0 Å². The summed E-state index contributed by atoms with van der Waals surface area (Å²) in [5, 5.41) is 4.13. The van der Waals surface area contributed by atoms with Crippen LogP contribution in [0, 0.1) is 6.92 Å². The molecule has 1 saturated carbocycles. The highest BCUT2D eigenvalue weighted by Gasteiger charge is 2.31. The van der Waals surface area contributed by atoms with E-state index < -0.39 is 0 Å². The number of aromatic nitrogens is 4. The topological polar surface area (TPSA) is 60.0 Å². The second-order valence-corrected chi connectivity index (χ2v) is 7.63. The van der Waals surface area contributed by atoms with Gasteiger partial charge in [-0.05, 0) is 51.9 Å². The minimum atomic E-state index is 0.546. The van der Waals surface area contributed by atoms with E-state index in [2.05, 4.69) is 26.5 Å². The summed E-state index contributed by atoms with van der Waals surface area (Å²) in [4.78, 5) is 11.9. The van der Waals surface area contributed by atoms with Crippen LogP contribution in [0.25, 0.3) is 0 Å². The lowest BCUT2D eigenvalue weighted by atomic mass is 10.0. The second kappa shape index (κ2) is 5.69. The highest BCUT2D eigenvalue weighted by molar-refractivity contribution is 5.21. The van der Waals surface area contributed by atoms with Crippen LogP contribution in [0.5, 0.6) is 0 Å². The zero-order chi connectivity index (χ0) is 16.1. The van der Waals surface area contributed by atoms with Crippen molar-refractivity contribution in [3.05, 3.63) is 28.9 Å². The third-order valence-electron chi connectivity index (χ3n) is 5.74. The van der Waals surface area contributed by atoms with Gasteiger partial charge in [0.05, 0.1) is 12.2 Å². The van der Waals surface area contributed by atoms with Crippen LogP contribution in [0.15, 0.2) is 4.52 Å². The molecular formula is C18H25N5O. The fourth-order valence-electron chi connectivity index (χ4n) is 4.38. The smallest absolute Gasteiger partial charge is 0.240 e. The molecule has 2 aromatic rings. The van der Waals surface area contributed by atoms with Crippen LogP contribution in [0.1, 0.15) is 73.0 Å². The van der Waals surface area contributed by atoms with Crippen LogP contribution in [-0.2, 0) is 19.4 Å². The van der Waals surface area contributed by atoms with Crippen LogP contribution >= 0.6 is 0 Å². The first-order valence-electron chi connectivity index (χ1n) is 9.39. The minimum Gasteiger partial charge on any atom is -0.338 e. The van der Waals surface area contributed by atoms with E-state index in [0.29, 0.717) is 12.0 Å². The Morgan fingerprint density at radius 3 is 2.88 bits per heavy atom. The quantitative estimate of drug-likeness (QED) is 0.864. The molecule has 6 nitrogen and oxygen atoms in total. The maximum Gasteiger partial charge on any atom is 0.240 e. The molecule has 2 aliphatic carbocycles. The molecule has 0 aromatic carbocycles. The van der Waals surface area contributed by atoms with Gasteiger partial charge >= 0.3 is 0 Å². The van der Waals surface area contributed by atoms with E-state index >= 15 is 0 Å². The van der Waals surface area contributed by atoms with Crippen molar-refractivity contribution in [3.8, 4) is 0 Å². The van der Waals surface area contributed by atoms with Gasteiger partial charge in [0.2, 0.25) is 5.89 Å². The van der Waals surface area contributed by atoms with Crippen molar-refractivity contribution in [2.75, 3.05) is 13.1 Å². The van der Waals surface area contributed by atoms with E-state index in [1.165, 1.54) is 55.7 Å². The van der Waals surface area contributed by atoms with Crippen molar-refractivity contribution < 1.29 is 4.52 Å². The van der Waals surface area contributed by atoms with E-state index in [1.54, 1.807) is 0 Å². The largest absolute Gasteiger partial charge is 0.338 e. The molecule has 2 aromatic heterocycles. The molecule has 1 saturated heterocycles. The van der Waals surface area contributed by atoms with E-state index in [1.807, 2.05) is 0 Å². The Kier molecular flexibility index (Phi) is 3.47. The third kappa shape index (κ3) is 2.57. The number of imidazole rings is 1. The maximum absolute atomic E-state index is 5.45. The van der Waals surface area contributed by atoms with Gasteiger partial charge in [-0.2, -0.15) is 4.98 Å². The SMILES string of the molecule is Cc1nc2c(n1C1CCN(Cc3nc(C4CC4)no3)C1)CCCC2. The molecule has 128 valence electrons. The fourth-order valence-corrected chi connectivity index (χ4v) is 4.38. The number of rotatable bonds is 4. The zero-order valence-corrected chi connectivity index (χ0v) is 14.4. The number of likely N-dealkylation sites (tertiary alicyclic amines) is 1. The van der Waals surface area contributed by atoms with E-state index in [-0.39, 0.29) is 0 Å². The van der Waals surface area contributed by atoms with Gasteiger partial charge in [0, 0.05) is 30.7 Å². The Bertz CT molecular complexity index is 745. The summed E-state index contributed by atoms with van der Waals surface area (Å²) in [6.07, 6.45) is 8.58. The monoisotopic (exact) mass is 327 g/mol. The van der Waals surface area contributed by atoms with Crippen LogP contribution in [-0.4, -0.2) is 37.7 Å². The van der Waals surface area contributed by atoms with Gasteiger partial charge in [-0.15, -0.1) is 0 Å². The average molecular weight is 327 g/mol. The molecule has 0 N–H and O–H groups in total. The van der Waals surface area contributed by atoms with Crippen molar-refractivity contribution in [3.63, 3.8) is 0 Å². The Morgan fingerprint density at radius 1 is 1.12 bits per heavy atom. The molecule has 3 aliphatic rings. The summed E-state index contributed by atoms with van der Waals surface area (Å²) in [7, 11) is 0. The molecule has 0 radical (unpaired) electrons. The zero-order valence-electron chi connectivity index (χ0n) is 14.4. The molecule has 1 atom stereocenters. The predicted octanol–water partition coefficient (Wildman–Crippen LogP) is 2.78. The molecular weight excluding hydrogens is 302 g/mol. The van der Waals surface area contributed by atoms with Gasteiger partial charge in [0.25, 0.3) is 0 Å². The lowest BCUT2D eigenvalue weighted by molar-refractivity contribution is 0.259. The van der Waals surface area contributed by atoms with Gasteiger partial charge in [-0.1, -0.05) is 5.16 Å². The molecule has 5 rings (SSSR count). The minimum absolute atomic E-state index is 0.546. The Labute approximate surface area is 142 Å². The molecule has 6 heteroatoms. The van der Waals surface area contributed by atoms with Crippen molar-refractivity contribution in [1.29, 1.82) is 0 Å². The van der Waals surface area contributed by atoms with E-state index in [4.69, 9.17) is 9.51 Å². The third-order valence-corrected chi connectivity index (χ3v) is 5.74. The first-order valence-corrected chi connectivity index (χ1v) is 9.39. The summed E-state index contributed by atoms with van der Waals surface area (Å²) >= 11 is 0. The molecule has 24 heavy (non-hydrogen) atoms. The normalized spacial score (nSPS) is 24.5. The van der Waals surface area contributed by atoms with Gasteiger partial charge in [0.15, 0.2) is 5.82 Å².